The van der Waals surface area contributed by atoms with Gasteiger partial charge in [0.05, 0.1) is 19.8 Å². The van der Waals surface area contributed by atoms with E-state index >= 15 is 0 Å². The Morgan fingerprint density at radius 3 is 2.17 bits per heavy atom. The highest BCUT2D eigenvalue weighted by Gasteiger charge is 2.26. The van der Waals surface area contributed by atoms with Crippen molar-refractivity contribution in [3.05, 3.63) is 29.8 Å². The first-order valence-corrected chi connectivity index (χ1v) is 10.3. The Bertz CT molecular complexity index is 706. The molecule has 0 bridgehead atoms. The molecule has 0 aliphatic carbocycles. The lowest BCUT2D eigenvalue weighted by Crippen LogP contribution is -2.53. The zero-order valence-electron chi connectivity index (χ0n) is 18.2. The quantitative estimate of drug-likeness (QED) is 0.367. The van der Waals surface area contributed by atoms with Crippen molar-refractivity contribution in [2.24, 2.45) is 10.7 Å². The maximum absolute atomic E-state index is 12.2. The predicted molar refractivity (Wildman–Crippen MR) is 130 cm³/mol. The molecule has 2 N–H and O–H groups in total. The molecule has 168 valence electrons. The number of hydrogen-bond donors (Lipinski definition) is 1. The summed E-state index contributed by atoms with van der Waals surface area (Å²) in [6, 6.07) is 8.46. The number of hydrogen-bond acceptors (Lipinski definition) is 5. The fourth-order valence-corrected chi connectivity index (χ4v) is 3.35. The summed E-state index contributed by atoms with van der Waals surface area (Å²) >= 11 is 0. The molecule has 1 aromatic rings. The molecule has 0 saturated carbocycles. The molecule has 2 aliphatic heterocycles. The van der Waals surface area contributed by atoms with E-state index in [0.717, 1.165) is 31.9 Å². The highest BCUT2D eigenvalue weighted by molar-refractivity contribution is 14.0. The molecule has 0 spiro atoms. The van der Waals surface area contributed by atoms with Gasteiger partial charge in [0.1, 0.15) is 5.60 Å². The number of aliphatic imine (C=N–C) groups is 1. The van der Waals surface area contributed by atoms with Gasteiger partial charge in [-0.3, -0.25) is 0 Å². The smallest absolute Gasteiger partial charge is 0.410 e. The van der Waals surface area contributed by atoms with Crippen molar-refractivity contribution in [1.29, 1.82) is 0 Å². The number of halogens is 1. The van der Waals surface area contributed by atoms with Gasteiger partial charge in [0.15, 0.2) is 5.96 Å². The van der Waals surface area contributed by atoms with Gasteiger partial charge in [-0.1, -0.05) is 12.1 Å². The number of benzene rings is 1. The molecule has 2 saturated heterocycles. The van der Waals surface area contributed by atoms with Gasteiger partial charge >= 0.3 is 6.09 Å². The second-order valence-electron chi connectivity index (χ2n) is 8.39. The van der Waals surface area contributed by atoms with Crippen molar-refractivity contribution in [2.75, 3.05) is 57.4 Å². The summed E-state index contributed by atoms with van der Waals surface area (Å²) in [5, 5.41) is 0. The number of morpholine rings is 1. The van der Waals surface area contributed by atoms with E-state index in [1.807, 2.05) is 25.7 Å². The molecule has 30 heavy (non-hydrogen) atoms. The minimum absolute atomic E-state index is 0. The molecule has 1 amide bonds. The van der Waals surface area contributed by atoms with Crippen LogP contribution in [0.3, 0.4) is 0 Å². The van der Waals surface area contributed by atoms with Crippen LogP contribution in [0.1, 0.15) is 26.3 Å². The molecule has 2 heterocycles. The van der Waals surface area contributed by atoms with Crippen molar-refractivity contribution >= 4 is 41.7 Å². The summed E-state index contributed by atoms with van der Waals surface area (Å²) in [7, 11) is 0. The van der Waals surface area contributed by atoms with Gasteiger partial charge in [0.2, 0.25) is 0 Å². The Kier molecular flexibility index (Phi) is 9.02. The van der Waals surface area contributed by atoms with E-state index in [0.29, 0.717) is 38.7 Å². The molecule has 0 atom stereocenters. The van der Waals surface area contributed by atoms with Gasteiger partial charge in [-0.25, -0.2) is 9.79 Å². The summed E-state index contributed by atoms with van der Waals surface area (Å²) in [4.78, 5) is 22.8. The van der Waals surface area contributed by atoms with Gasteiger partial charge in [-0.05, 0) is 38.5 Å². The standard InChI is InChI=1S/C21H33N5O3.HI/c1-21(2,3)29-20(27)26-10-8-25(9-11-26)19(22)23-16-17-4-6-18(7-5-17)24-12-14-28-15-13-24;/h4-7H,8-16H2,1-3H3,(H2,22,23);1H. The summed E-state index contributed by atoms with van der Waals surface area (Å²) in [5.74, 6) is 0.520. The highest BCUT2D eigenvalue weighted by atomic mass is 127. The van der Waals surface area contributed by atoms with Crippen molar-refractivity contribution in [1.82, 2.24) is 9.80 Å². The number of ether oxygens (including phenoxy) is 2. The lowest BCUT2D eigenvalue weighted by Gasteiger charge is -2.36. The summed E-state index contributed by atoms with van der Waals surface area (Å²) in [6.45, 7) is 12.1. The Hall–Kier alpha value is -1.75. The van der Waals surface area contributed by atoms with Gasteiger partial charge in [0, 0.05) is 45.0 Å². The van der Waals surface area contributed by atoms with Crippen LogP contribution in [0.25, 0.3) is 0 Å². The number of nitrogens with two attached hydrogens (primary N) is 1. The molecular weight excluding hydrogens is 497 g/mol. The highest BCUT2D eigenvalue weighted by Crippen LogP contribution is 2.17. The number of carbonyl (C=O) groups is 1. The van der Waals surface area contributed by atoms with Gasteiger partial charge < -0.3 is 29.9 Å². The van der Waals surface area contributed by atoms with Crippen LogP contribution in [-0.4, -0.2) is 79.9 Å². The first-order valence-electron chi connectivity index (χ1n) is 10.3. The van der Waals surface area contributed by atoms with Gasteiger partial charge in [-0.15, -0.1) is 24.0 Å². The van der Waals surface area contributed by atoms with Crippen LogP contribution in [0.15, 0.2) is 29.3 Å². The van der Waals surface area contributed by atoms with Crippen molar-refractivity contribution in [3.63, 3.8) is 0 Å². The predicted octanol–water partition coefficient (Wildman–Crippen LogP) is 2.51. The molecule has 0 aromatic heterocycles. The normalized spacial score (nSPS) is 18.1. The molecule has 3 rings (SSSR count). The third-order valence-corrected chi connectivity index (χ3v) is 4.99. The number of rotatable bonds is 3. The average Bonchev–Trinajstić information content (AvgIpc) is 2.72. The maximum atomic E-state index is 12.2. The number of nitrogens with zero attached hydrogens (tertiary/aromatic N) is 4. The third kappa shape index (κ3) is 7.19. The average molecular weight is 531 g/mol. The third-order valence-electron chi connectivity index (χ3n) is 4.99. The lowest BCUT2D eigenvalue weighted by molar-refractivity contribution is 0.0186. The molecule has 2 aliphatic rings. The molecule has 0 radical (unpaired) electrons. The van der Waals surface area contributed by atoms with Crippen molar-refractivity contribution in [2.45, 2.75) is 32.9 Å². The molecule has 2 fully saturated rings. The molecule has 1 aromatic carbocycles. The maximum Gasteiger partial charge on any atom is 0.410 e. The Morgan fingerprint density at radius 1 is 1.03 bits per heavy atom. The molecule has 9 heteroatoms. The van der Waals surface area contributed by atoms with Gasteiger partial charge in [0.25, 0.3) is 0 Å². The monoisotopic (exact) mass is 531 g/mol. The Morgan fingerprint density at radius 2 is 1.60 bits per heavy atom. The first kappa shape index (κ1) is 24.5. The van der Waals surface area contributed by atoms with E-state index in [1.165, 1.54) is 5.69 Å². The van der Waals surface area contributed by atoms with E-state index in [4.69, 9.17) is 15.2 Å². The summed E-state index contributed by atoms with van der Waals surface area (Å²) in [6.07, 6.45) is -0.270. The number of guanidine groups is 1. The first-order chi connectivity index (χ1) is 13.8. The van der Waals surface area contributed by atoms with E-state index in [9.17, 15) is 4.79 Å². The lowest BCUT2D eigenvalue weighted by atomic mass is 10.2. The van der Waals surface area contributed by atoms with Crippen LogP contribution >= 0.6 is 24.0 Å². The fourth-order valence-electron chi connectivity index (χ4n) is 3.35. The van der Waals surface area contributed by atoms with Crippen LogP contribution < -0.4 is 10.6 Å². The molecular formula is C21H34IN5O3. The number of piperazine rings is 1. The minimum atomic E-state index is -0.480. The van der Waals surface area contributed by atoms with E-state index in [-0.39, 0.29) is 30.1 Å². The minimum Gasteiger partial charge on any atom is -0.444 e. The van der Waals surface area contributed by atoms with Crippen LogP contribution in [0, 0.1) is 0 Å². The molecule has 0 unspecified atom stereocenters. The van der Waals surface area contributed by atoms with Crippen molar-refractivity contribution in [3.8, 4) is 0 Å². The van der Waals surface area contributed by atoms with E-state index in [2.05, 4.69) is 34.2 Å². The van der Waals surface area contributed by atoms with E-state index < -0.39 is 5.60 Å². The van der Waals surface area contributed by atoms with Crippen molar-refractivity contribution < 1.29 is 14.3 Å². The molecule has 8 nitrogen and oxygen atoms in total. The topological polar surface area (TPSA) is 83.6 Å². The number of anilines is 1. The second-order valence-corrected chi connectivity index (χ2v) is 8.39. The van der Waals surface area contributed by atoms with Crippen LogP contribution in [-0.2, 0) is 16.0 Å². The number of carbonyl (C=O) groups excluding carboxylic acids is 1. The van der Waals surface area contributed by atoms with E-state index in [1.54, 1.807) is 4.90 Å². The van der Waals surface area contributed by atoms with Crippen LogP contribution in [0.5, 0.6) is 0 Å². The SMILES string of the molecule is CC(C)(C)OC(=O)N1CCN(C(N)=NCc2ccc(N3CCOCC3)cc2)CC1.I. The second kappa shape index (κ2) is 11.0. The Balaban J connectivity index is 0.00000320. The Labute approximate surface area is 196 Å². The summed E-state index contributed by atoms with van der Waals surface area (Å²) < 4.78 is 10.8. The van der Waals surface area contributed by atoms with Gasteiger partial charge in [-0.2, -0.15) is 0 Å². The zero-order valence-corrected chi connectivity index (χ0v) is 20.5. The number of amides is 1. The van der Waals surface area contributed by atoms with Crippen LogP contribution in [0.2, 0.25) is 0 Å². The summed E-state index contributed by atoms with van der Waals surface area (Å²) in [5.41, 5.74) is 8.04. The zero-order chi connectivity index (χ0) is 20.9. The fraction of sp³-hybridized carbons (Fsp3) is 0.619. The van der Waals surface area contributed by atoms with Crippen LogP contribution in [0.4, 0.5) is 10.5 Å². The largest absolute Gasteiger partial charge is 0.444 e.